The highest BCUT2D eigenvalue weighted by Gasteiger charge is 2.13. The van der Waals surface area contributed by atoms with Crippen LogP contribution >= 0.6 is 11.6 Å². The lowest BCUT2D eigenvalue weighted by molar-refractivity contribution is -0.991. The maximum Gasteiger partial charge on any atom is 0.339 e. The molecule has 6 nitrogen and oxygen atoms in total. The molecule has 0 saturated carbocycles. The maximum absolute atomic E-state index is 10.5. The Balaban J connectivity index is 3.19. The molecule has 0 aromatic carbocycles. The predicted molar refractivity (Wildman–Crippen MR) is 42.0 cm³/mol. The van der Waals surface area contributed by atoms with Gasteiger partial charge in [-0.15, -0.1) is 0 Å². The van der Waals surface area contributed by atoms with Crippen molar-refractivity contribution in [2.24, 2.45) is 0 Å². The number of carbonyl (C=O) groups is 1. The van der Waals surface area contributed by atoms with Gasteiger partial charge in [0.2, 0.25) is 0 Å². The third-order valence-corrected chi connectivity index (χ3v) is 1.62. The smallest absolute Gasteiger partial charge is 0.339 e. The number of nitrogens with zero attached hydrogens (tertiary/aromatic N) is 1. The number of carboxylic acid groups (broad SMARTS) is 1. The lowest BCUT2D eigenvalue weighted by Crippen LogP contribution is -2.99. The van der Waals surface area contributed by atoms with Gasteiger partial charge in [-0.3, -0.25) is 0 Å². The first-order valence-corrected chi connectivity index (χ1v) is 3.52. The van der Waals surface area contributed by atoms with Crippen LogP contribution in [0.25, 0.3) is 0 Å². The number of rotatable bonds is 2. The van der Waals surface area contributed by atoms with Gasteiger partial charge < -0.3 is 10.3 Å². The van der Waals surface area contributed by atoms with Crippen LogP contribution in [0.1, 0.15) is 10.4 Å². The van der Waals surface area contributed by atoms with E-state index in [2.05, 4.69) is 4.98 Å². The van der Waals surface area contributed by atoms with E-state index in [-0.39, 0.29) is 16.4 Å². The van der Waals surface area contributed by atoms with Crippen molar-refractivity contribution in [3.63, 3.8) is 0 Å². The molecule has 0 aliphatic heterocycles. The summed E-state index contributed by atoms with van der Waals surface area (Å²) in [5.41, 5.74) is -0.525. The molecular formula is C6H5ClN2O4. The zero-order chi connectivity index (χ0) is 10.0. The van der Waals surface area contributed by atoms with Crippen LogP contribution in [-0.2, 0) is 0 Å². The lowest BCUT2D eigenvalue weighted by Gasteiger charge is -2.11. The average Bonchev–Trinajstić information content (AvgIpc) is 2.04. The number of aromatic nitrogens is 1. The molecule has 1 unspecified atom stereocenters. The van der Waals surface area contributed by atoms with E-state index in [1.807, 2.05) is 0 Å². The van der Waals surface area contributed by atoms with Crippen molar-refractivity contribution < 1.29 is 20.3 Å². The van der Waals surface area contributed by atoms with E-state index in [4.69, 9.17) is 21.9 Å². The zero-order valence-corrected chi connectivity index (χ0v) is 6.95. The largest absolute Gasteiger partial charge is 0.595 e. The topological polar surface area (TPSA) is 97.9 Å². The van der Waals surface area contributed by atoms with E-state index in [9.17, 15) is 10.0 Å². The Labute approximate surface area is 77.5 Å². The quantitative estimate of drug-likeness (QED) is 0.459. The minimum Gasteiger partial charge on any atom is -0.595 e. The Bertz CT molecular complexity index is 341. The second kappa shape index (κ2) is 3.67. The molecule has 3 N–H and O–H groups in total. The first kappa shape index (κ1) is 9.87. The van der Waals surface area contributed by atoms with Crippen molar-refractivity contribution >= 4 is 23.3 Å². The van der Waals surface area contributed by atoms with Gasteiger partial charge in [0.05, 0.1) is 6.20 Å². The summed E-state index contributed by atoms with van der Waals surface area (Å²) in [6.45, 7) is 0. The molecule has 0 fully saturated rings. The van der Waals surface area contributed by atoms with E-state index >= 15 is 0 Å². The van der Waals surface area contributed by atoms with Crippen LogP contribution in [0.5, 0.6) is 0 Å². The summed E-state index contributed by atoms with van der Waals surface area (Å²) in [7, 11) is 0. The number of hydrogen-bond acceptors (Lipinski definition) is 4. The first-order valence-electron chi connectivity index (χ1n) is 3.14. The minimum absolute atomic E-state index is 0.207. The number of quaternary nitrogens is 1. The molecule has 1 aromatic rings. The molecule has 0 saturated heterocycles. The van der Waals surface area contributed by atoms with Gasteiger partial charge >= 0.3 is 5.97 Å². The van der Waals surface area contributed by atoms with Gasteiger partial charge in [0, 0.05) is 6.07 Å². The molecule has 1 aromatic heterocycles. The highest BCUT2D eigenvalue weighted by atomic mass is 35.5. The maximum atomic E-state index is 10.5. The molecule has 1 rings (SSSR count). The number of nitrogens with one attached hydrogen (secondary N) is 1. The summed E-state index contributed by atoms with van der Waals surface area (Å²) in [5.74, 6) is -1.30. The summed E-state index contributed by atoms with van der Waals surface area (Å²) in [6.07, 6.45) is 0.997. The van der Waals surface area contributed by atoms with Gasteiger partial charge in [-0.1, -0.05) is 11.6 Å². The van der Waals surface area contributed by atoms with Crippen molar-refractivity contribution in [1.29, 1.82) is 0 Å². The van der Waals surface area contributed by atoms with Gasteiger partial charge in [0.25, 0.3) is 0 Å². The second-order valence-corrected chi connectivity index (χ2v) is 2.53. The van der Waals surface area contributed by atoms with Crippen LogP contribution in [0.4, 0.5) is 5.69 Å². The third kappa shape index (κ3) is 2.13. The first-order chi connectivity index (χ1) is 6.02. The SMILES string of the molecule is O=C(O)c1cc([NH+]([O-])O)cnc1Cl. The Hall–Kier alpha value is -1.21. The Kier molecular flexibility index (Phi) is 2.79. The summed E-state index contributed by atoms with van der Waals surface area (Å²) in [4.78, 5) is 13.9. The van der Waals surface area contributed by atoms with Gasteiger partial charge in [0.1, 0.15) is 10.7 Å². The fourth-order valence-corrected chi connectivity index (χ4v) is 0.899. The molecule has 1 heterocycles. The Morgan fingerprint density at radius 3 is 2.77 bits per heavy atom. The fraction of sp³-hybridized carbons (Fsp3) is 0. The zero-order valence-electron chi connectivity index (χ0n) is 6.19. The molecule has 0 amide bonds. The van der Waals surface area contributed by atoms with Crippen molar-refractivity contribution in [1.82, 2.24) is 4.98 Å². The van der Waals surface area contributed by atoms with Crippen LogP contribution < -0.4 is 5.23 Å². The van der Waals surface area contributed by atoms with Crippen LogP contribution in [-0.4, -0.2) is 21.3 Å². The monoisotopic (exact) mass is 204 g/mol. The number of carboxylic acids is 1. The third-order valence-electron chi connectivity index (χ3n) is 1.32. The van der Waals surface area contributed by atoms with Crippen LogP contribution in [0.15, 0.2) is 12.3 Å². The van der Waals surface area contributed by atoms with Crippen molar-refractivity contribution in [2.75, 3.05) is 0 Å². The summed E-state index contributed by atoms with van der Waals surface area (Å²) < 4.78 is 0. The number of halogens is 1. The minimum atomic E-state index is -1.30. The normalized spacial score (nSPS) is 12.5. The van der Waals surface area contributed by atoms with Gasteiger partial charge in [-0.25, -0.2) is 15.0 Å². The van der Waals surface area contributed by atoms with Crippen molar-refractivity contribution in [2.45, 2.75) is 0 Å². The molecule has 0 radical (unpaired) electrons. The molecule has 1 atom stereocenters. The summed E-state index contributed by atoms with van der Waals surface area (Å²) in [5, 5.41) is 26.0. The summed E-state index contributed by atoms with van der Waals surface area (Å²) in [6, 6.07) is 0.958. The van der Waals surface area contributed by atoms with Gasteiger partial charge in [-0.05, 0) is 0 Å². The highest BCUT2D eigenvalue weighted by molar-refractivity contribution is 6.32. The molecule has 70 valence electrons. The van der Waals surface area contributed by atoms with Gasteiger partial charge in [0.15, 0.2) is 5.69 Å². The average molecular weight is 205 g/mol. The van der Waals surface area contributed by atoms with Crippen molar-refractivity contribution in [3.8, 4) is 0 Å². The highest BCUT2D eigenvalue weighted by Crippen LogP contribution is 2.14. The Morgan fingerprint density at radius 1 is 1.69 bits per heavy atom. The second-order valence-electron chi connectivity index (χ2n) is 2.17. The Morgan fingerprint density at radius 2 is 2.31 bits per heavy atom. The van der Waals surface area contributed by atoms with E-state index in [0.29, 0.717) is 0 Å². The van der Waals surface area contributed by atoms with Crippen LogP contribution in [0, 0.1) is 5.21 Å². The van der Waals surface area contributed by atoms with Crippen LogP contribution in [0.3, 0.4) is 0 Å². The molecule has 7 heteroatoms. The molecule has 0 spiro atoms. The predicted octanol–water partition coefficient (Wildman–Crippen LogP) is -0.163. The van der Waals surface area contributed by atoms with Gasteiger partial charge in [-0.2, -0.15) is 5.23 Å². The fourth-order valence-electron chi connectivity index (χ4n) is 0.715. The van der Waals surface area contributed by atoms with E-state index in [1.54, 1.807) is 0 Å². The van der Waals surface area contributed by atoms with Crippen molar-refractivity contribution in [3.05, 3.63) is 28.2 Å². The van der Waals surface area contributed by atoms with E-state index < -0.39 is 11.2 Å². The van der Waals surface area contributed by atoms with E-state index in [1.165, 1.54) is 0 Å². The molecule has 0 bridgehead atoms. The molecule has 0 aliphatic carbocycles. The lowest BCUT2D eigenvalue weighted by atomic mass is 10.3. The summed E-state index contributed by atoms with van der Waals surface area (Å²) >= 11 is 5.41. The number of pyridine rings is 1. The standard InChI is InChI=1S/C6H5ClN2O4/c7-5-4(6(10)11)1-3(2-8-5)9(12)13/h1-2,9,12H,(H,10,11). The molecular weight excluding hydrogens is 200 g/mol. The number of hydrogen-bond donors (Lipinski definition) is 3. The molecule has 13 heavy (non-hydrogen) atoms. The van der Waals surface area contributed by atoms with E-state index in [0.717, 1.165) is 12.3 Å². The van der Waals surface area contributed by atoms with Crippen LogP contribution in [0.2, 0.25) is 5.15 Å². The number of aromatic carboxylic acids is 1. The molecule has 0 aliphatic rings.